The van der Waals surface area contributed by atoms with E-state index in [4.69, 9.17) is 9.47 Å². The average molecular weight is 282 g/mol. The summed E-state index contributed by atoms with van der Waals surface area (Å²) in [6.07, 6.45) is 2.17. The Morgan fingerprint density at radius 3 is 1.85 bits per heavy atom. The standard InChI is InChI=1S/C16H26O4/c1-7-19-14(17)9-12(3)13(11-16(4,5)6)10-15(18)20-8-2/h11H,3,7-10H2,1-2,4-6H3/b13-11+. The lowest BCUT2D eigenvalue weighted by Crippen LogP contribution is -2.12. The summed E-state index contributed by atoms with van der Waals surface area (Å²) in [7, 11) is 0. The van der Waals surface area contributed by atoms with Crippen molar-refractivity contribution in [2.45, 2.75) is 47.5 Å². The highest BCUT2D eigenvalue weighted by Crippen LogP contribution is 2.25. The van der Waals surface area contributed by atoms with E-state index in [-0.39, 0.29) is 30.2 Å². The average Bonchev–Trinajstić information content (AvgIpc) is 2.26. The van der Waals surface area contributed by atoms with Crippen LogP contribution >= 0.6 is 0 Å². The van der Waals surface area contributed by atoms with Gasteiger partial charge in [0.1, 0.15) is 0 Å². The smallest absolute Gasteiger partial charge is 0.310 e. The Morgan fingerprint density at radius 1 is 1.00 bits per heavy atom. The van der Waals surface area contributed by atoms with E-state index in [2.05, 4.69) is 6.58 Å². The zero-order chi connectivity index (χ0) is 15.8. The van der Waals surface area contributed by atoms with E-state index in [1.54, 1.807) is 13.8 Å². The molecular formula is C16H26O4. The van der Waals surface area contributed by atoms with Crippen LogP contribution in [0.3, 0.4) is 0 Å². The monoisotopic (exact) mass is 282 g/mol. The fourth-order valence-electron chi connectivity index (χ4n) is 1.67. The zero-order valence-electron chi connectivity index (χ0n) is 13.2. The number of rotatable bonds is 7. The van der Waals surface area contributed by atoms with Gasteiger partial charge in [-0.25, -0.2) is 0 Å². The predicted molar refractivity (Wildman–Crippen MR) is 79.2 cm³/mol. The van der Waals surface area contributed by atoms with E-state index in [1.165, 1.54) is 0 Å². The highest BCUT2D eigenvalue weighted by molar-refractivity contribution is 5.77. The van der Waals surface area contributed by atoms with E-state index in [0.29, 0.717) is 18.8 Å². The third-order valence-corrected chi connectivity index (χ3v) is 2.36. The maximum atomic E-state index is 11.6. The molecule has 0 aromatic heterocycles. The summed E-state index contributed by atoms with van der Waals surface area (Å²) in [4.78, 5) is 23.1. The fraction of sp³-hybridized carbons (Fsp3) is 0.625. The number of ether oxygens (including phenoxy) is 2. The van der Waals surface area contributed by atoms with Crippen molar-refractivity contribution in [3.63, 3.8) is 0 Å². The first kappa shape index (κ1) is 18.4. The van der Waals surface area contributed by atoms with Gasteiger partial charge >= 0.3 is 11.9 Å². The lowest BCUT2D eigenvalue weighted by molar-refractivity contribution is -0.143. The Kier molecular flexibility index (Phi) is 7.89. The molecule has 114 valence electrons. The van der Waals surface area contributed by atoms with Crippen molar-refractivity contribution < 1.29 is 19.1 Å². The lowest BCUT2D eigenvalue weighted by atomic mass is 9.89. The highest BCUT2D eigenvalue weighted by Gasteiger charge is 2.17. The van der Waals surface area contributed by atoms with Crippen molar-refractivity contribution in [2.24, 2.45) is 5.41 Å². The molecule has 0 saturated heterocycles. The lowest BCUT2D eigenvalue weighted by Gasteiger charge is -2.17. The van der Waals surface area contributed by atoms with Crippen molar-refractivity contribution in [1.82, 2.24) is 0 Å². The summed E-state index contributed by atoms with van der Waals surface area (Å²) in [5, 5.41) is 0. The molecule has 0 atom stereocenters. The number of hydrogen-bond donors (Lipinski definition) is 0. The summed E-state index contributed by atoms with van der Waals surface area (Å²) >= 11 is 0. The molecule has 0 aliphatic carbocycles. The van der Waals surface area contributed by atoms with Crippen LogP contribution in [0.2, 0.25) is 0 Å². The molecule has 0 aromatic carbocycles. The van der Waals surface area contributed by atoms with Gasteiger partial charge in [-0.05, 0) is 30.4 Å². The molecular weight excluding hydrogens is 256 g/mol. The van der Waals surface area contributed by atoms with Crippen molar-refractivity contribution in [2.75, 3.05) is 13.2 Å². The van der Waals surface area contributed by atoms with Crippen LogP contribution in [-0.2, 0) is 19.1 Å². The molecule has 0 heterocycles. The molecule has 0 N–H and O–H groups in total. The second-order valence-corrected chi connectivity index (χ2v) is 5.60. The van der Waals surface area contributed by atoms with E-state index in [9.17, 15) is 9.59 Å². The van der Waals surface area contributed by atoms with Crippen molar-refractivity contribution in [3.05, 3.63) is 23.8 Å². The van der Waals surface area contributed by atoms with Gasteiger partial charge in [-0.3, -0.25) is 9.59 Å². The molecule has 0 unspecified atom stereocenters. The number of carbonyl (C=O) groups is 2. The minimum atomic E-state index is -0.332. The molecule has 0 amide bonds. The second-order valence-electron chi connectivity index (χ2n) is 5.60. The van der Waals surface area contributed by atoms with E-state index in [0.717, 1.165) is 5.57 Å². The normalized spacial score (nSPS) is 11.9. The highest BCUT2D eigenvalue weighted by atomic mass is 16.5. The first-order valence-corrected chi connectivity index (χ1v) is 6.90. The van der Waals surface area contributed by atoms with Gasteiger partial charge < -0.3 is 9.47 Å². The van der Waals surface area contributed by atoms with Crippen LogP contribution in [0.15, 0.2) is 23.8 Å². The summed E-state index contributed by atoms with van der Waals surface area (Å²) in [6, 6.07) is 0. The molecule has 4 heteroatoms. The van der Waals surface area contributed by atoms with E-state index >= 15 is 0 Å². The van der Waals surface area contributed by atoms with Gasteiger partial charge in [-0.1, -0.05) is 33.4 Å². The number of hydrogen-bond acceptors (Lipinski definition) is 4. The van der Waals surface area contributed by atoms with Gasteiger partial charge in [-0.2, -0.15) is 0 Å². The Labute approximate surface area is 121 Å². The minimum Gasteiger partial charge on any atom is -0.466 e. The molecule has 0 bridgehead atoms. The molecule has 0 aliphatic rings. The van der Waals surface area contributed by atoms with E-state index in [1.807, 2.05) is 26.8 Å². The molecule has 0 rings (SSSR count). The Morgan fingerprint density at radius 2 is 1.45 bits per heavy atom. The maximum absolute atomic E-state index is 11.6. The summed E-state index contributed by atoms with van der Waals surface area (Å²) < 4.78 is 9.85. The Balaban J connectivity index is 4.94. The van der Waals surface area contributed by atoms with Crippen LogP contribution < -0.4 is 0 Å². The van der Waals surface area contributed by atoms with Crippen molar-refractivity contribution >= 4 is 11.9 Å². The largest absolute Gasteiger partial charge is 0.466 e. The summed E-state index contributed by atoms with van der Waals surface area (Å²) in [5.74, 6) is -0.644. The topological polar surface area (TPSA) is 52.6 Å². The van der Waals surface area contributed by atoms with Gasteiger partial charge in [0, 0.05) is 0 Å². The fourth-order valence-corrected chi connectivity index (χ4v) is 1.67. The van der Waals surface area contributed by atoms with Crippen LogP contribution in [0.4, 0.5) is 0 Å². The first-order chi connectivity index (χ1) is 9.19. The minimum absolute atomic E-state index is 0.0924. The quantitative estimate of drug-likeness (QED) is 0.530. The number of allylic oxidation sites excluding steroid dienone is 1. The van der Waals surface area contributed by atoms with Crippen LogP contribution in [0.5, 0.6) is 0 Å². The SMILES string of the molecule is C=C(CC(=O)OCC)/C(=C/C(C)(C)C)CC(=O)OCC. The summed E-state index contributed by atoms with van der Waals surface area (Å²) in [6.45, 7) is 14.2. The Hall–Kier alpha value is -1.58. The molecule has 20 heavy (non-hydrogen) atoms. The van der Waals surface area contributed by atoms with Crippen LogP contribution in [0.25, 0.3) is 0 Å². The van der Waals surface area contributed by atoms with E-state index < -0.39 is 0 Å². The van der Waals surface area contributed by atoms with Gasteiger partial charge in [0.25, 0.3) is 0 Å². The zero-order valence-corrected chi connectivity index (χ0v) is 13.2. The number of esters is 2. The van der Waals surface area contributed by atoms with Gasteiger partial charge in [0.05, 0.1) is 26.1 Å². The van der Waals surface area contributed by atoms with Crippen molar-refractivity contribution in [1.29, 1.82) is 0 Å². The third-order valence-electron chi connectivity index (χ3n) is 2.36. The maximum Gasteiger partial charge on any atom is 0.310 e. The van der Waals surface area contributed by atoms with Gasteiger partial charge in [-0.15, -0.1) is 0 Å². The molecule has 0 aromatic rings. The van der Waals surface area contributed by atoms with Gasteiger partial charge in [0.2, 0.25) is 0 Å². The molecule has 0 aliphatic heterocycles. The third kappa shape index (κ3) is 8.51. The molecule has 0 radical (unpaired) electrons. The first-order valence-electron chi connectivity index (χ1n) is 6.90. The predicted octanol–water partition coefficient (Wildman–Crippen LogP) is 3.42. The van der Waals surface area contributed by atoms with Crippen LogP contribution in [0, 0.1) is 5.41 Å². The number of carbonyl (C=O) groups excluding carboxylic acids is 2. The van der Waals surface area contributed by atoms with Crippen LogP contribution in [0.1, 0.15) is 47.5 Å². The Bertz CT molecular complexity index is 386. The summed E-state index contributed by atoms with van der Waals surface area (Å²) in [5.41, 5.74) is 1.23. The van der Waals surface area contributed by atoms with Crippen molar-refractivity contribution in [3.8, 4) is 0 Å². The molecule has 0 spiro atoms. The molecule has 0 saturated carbocycles. The van der Waals surface area contributed by atoms with Crippen LogP contribution in [-0.4, -0.2) is 25.2 Å². The molecule has 0 fully saturated rings. The molecule has 4 nitrogen and oxygen atoms in total. The second kappa shape index (κ2) is 8.56. The van der Waals surface area contributed by atoms with Gasteiger partial charge in [0.15, 0.2) is 0 Å².